The van der Waals surface area contributed by atoms with Gasteiger partial charge in [-0.25, -0.2) is 19.0 Å². The zero-order chi connectivity index (χ0) is 42.9. The van der Waals surface area contributed by atoms with Crippen LogP contribution in [0, 0.1) is 11.7 Å². The Hall–Kier alpha value is -6.16. The van der Waals surface area contributed by atoms with Gasteiger partial charge in [0.25, 0.3) is 5.56 Å². The summed E-state index contributed by atoms with van der Waals surface area (Å²) in [4.78, 5) is 72.9. The van der Waals surface area contributed by atoms with Gasteiger partial charge in [-0.1, -0.05) is 67.1 Å². The number of carbonyl (C=O) groups is 4. The van der Waals surface area contributed by atoms with E-state index in [0.29, 0.717) is 27.9 Å². The summed E-state index contributed by atoms with van der Waals surface area (Å²) in [7, 11) is 1.48. The number of fused-ring (bicyclic) bond motifs is 8. The lowest BCUT2D eigenvalue weighted by Crippen LogP contribution is -2.48. The van der Waals surface area contributed by atoms with Crippen molar-refractivity contribution in [3.05, 3.63) is 121 Å². The molecule has 4 heterocycles. The van der Waals surface area contributed by atoms with Crippen molar-refractivity contribution in [3.8, 4) is 22.5 Å². The van der Waals surface area contributed by atoms with E-state index in [1.54, 1.807) is 19.9 Å². The molecule has 0 bridgehead atoms. The van der Waals surface area contributed by atoms with E-state index in [-0.39, 0.29) is 60.4 Å². The van der Waals surface area contributed by atoms with Crippen molar-refractivity contribution in [2.75, 3.05) is 13.8 Å². The van der Waals surface area contributed by atoms with Gasteiger partial charge in [-0.15, -0.1) is 0 Å². The Morgan fingerprint density at radius 1 is 1.03 bits per heavy atom. The second-order valence-electron chi connectivity index (χ2n) is 15.9. The minimum atomic E-state index is -2.04. The molecule has 14 nitrogen and oxygen atoms in total. The van der Waals surface area contributed by atoms with Gasteiger partial charge in [0, 0.05) is 47.3 Å². The number of rotatable bonds is 11. The minimum absolute atomic E-state index is 0.0361. The first kappa shape index (κ1) is 40.3. The maximum atomic E-state index is 14.9. The van der Waals surface area contributed by atoms with E-state index >= 15 is 0 Å². The van der Waals surface area contributed by atoms with Crippen LogP contribution in [0.2, 0.25) is 5.02 Å². The van der Waals surface area contributed by atoms with E-state index in [4.69, 9.17) is 30.8 Å². The predicted octanol–water partition coefficient (Wildman–Crippen LogP) is 5.58. The molecule has 2 aromatic heterocycles. The molecule has 5 aromatic rings. The SMILES string of the molecule is CC[C@@]1(O)C(=O)OCc2c1cc1n(c2=O)Cc2c-1nc1cc(F)c(Cl)cc1c2CNC(=O)[C@@H](OCNC(=O)[C@H](C)N(C)C(=O)OC1c2ccccc2-c2ccccc21)C1CC1. The van der Waals surface area contributed by atoms with Gasteiger partial charge in [-0.05, 0) is 60.9 Å². The highest BCUT2D eigenvalue weighted by Crippen LogP contribution is 2.46. The molecular weight excluding hydrogens is 809 g/mol. The standard InChI is InChI=1S/C45H41ClFN5O9/c1-4-45(58)32-16-36-37-30(19-52(36)42(55)31(32)20-59-43(45)56)29(28-15-33(46)34(47)17-35(28)50-37)18-48-41(54)38(23-13-14-23)60-21-49-40(53)22(2)51(3)44(57)61-39-26-11-7-5-9-24(26)25-10-6-8-12-27(25)39/h5-12,15-17,22-23,38-39,58H,4,13-14,18-21H2,1-3H3,(H,48,54)(H,49,53)/t22-,38-,45-/m0/s1. The number of aliphatic hydroxyl groups is 1. The monoisotopic (exact) mass is 849 g/mol. The number of hydrogen-bond acceptors (Lipinski definition) is 10. The Morgan fingerprint density at radius 2 is 1.72 bits per heavy atom. The number of amides is 3. The fourth-order valence-corrected chi connectivity index (χ4v) is 8.73. The number of carbonyl (C=O) groups excluding carboxylic acids is 4. The van der Waals surface area contributed by atoms with Crippen molar-refractivity contribution < 1.29 is 42.9 Å². The van der Waals surface area contributed by atoms with Crippen LogP contribution in [0.4, 0.5) is 9.18 Å². The molecule has 61 heavy (non-hydrogen) atoms. The summed E-state index contributed by atoms with van der Waals surface area (Å²) in [5.74, 6) is -2.66. The Balaban J connectivity index is 0.889. The number of aromatic nitrogens is 2. The van der Waals surface area contributed by atoms with Gasteiger partial charge in [-0.2, -0.15) is 0 Å². The van der Waals surface area contributed by atoms with Gasteiger partial charge in [0.05, 0.1) is 34.0 Å². The second-order valence-corrected chi connectivity index (χ2v) is 16.3. The molecule has 314 valence electrons. The van der Waals surface area contributed by atoms with E-state index in [0.717, 1.165) is 35.1 Å². The topological polar surface area (TPSA) is 178 Å². The molecule has 16 heteroatoms. The third kappa shape index (κ3) is 6.80. The molecule has 1 fully saturated rings. The van der Waals surface area contributed by atoms with E-state index in [9.17, 15) is 33.5 Å². The first-order valence-corrected chi connectivity index (χ1v) is 20.4. The predicted molar refractivity (Wildman–Crippen MR) is 219 cm³/mol. The molecular formula is C45H41ClFN5O9. The smallest absolute Gasteiger partial charge is 0.411 e. The Morgan fingerprint density at radius 3 is 2.39 bits per heavy atom. The number of benzene rings is 3. The van der Waals surface area contributed by atoms with E-state index in [2.05, 4.69) is 10.6 Å². The number of halogens is 2. The molecule has 1 saturated carbocycles. The molecule has 0 radical (unpaired) electrons. The lowest BCUT2D eigenvalue weighted by molar-refractivity contribution is -0.172. The van der Waals surface area contributed by atoms with Gasteiger partial charge < -0.3 is 34.5 Å². The highest BCUT2D eigenvalue weighted by atomic mass is 35.5. The third-order valence-corrected chi connectivity index (χ3v) is 12.6. The fraction of sp³-hybridized carbons (Fsp3) is 0.333. The first-order chi connectivity index (χ1) is 29.3. The molecule has 0 spiro atoms. The summed E-state index contributed by atoms with van der Waals surface area (Å²) in [5.41, 5.74) is 3.42. The van der Waals surface area contributed by atoms with Crippen LogP contribution in [0.1, 0.15) is 72.6 Å². The van der Waals surface area contributed by atoms with Gasteiger partial charge in [-0.3, -0.25) is 19.3 Å². The molecule has 3 amide bonds. The van der Waals surface area contributed by atoms with Crippen LogP contribution in [0.25, 0.3) is 33.4 Å². The molecule has 0 saturated heterocycles. The quantitative estimate of drug-likeness (QED) is 0.110. The molecule has 3 atom stereocenters. The fourth-order valence-electron chi connectivity index (χ4n) is 8.56. The Bertz CT molecular complexity index is 2710. The van der Waals surface area contributed by atoms with Crippen LogP contribution >= 0.6 is 11.6 Å². The number of ether oxygens (including phenoxy) is 3. The lowest BCUT2D eigenvalue weighted by Gasteiger charge is -2.31. The zero-order valence-corrected chi connectivity index (χ0v) is 34.2. The molecule has 4 aliphatic rings. The number of likely N-dealkylation sites (N-methyl/N-ethyl adjacent to an activating group) is 1. The third-order valence-electron chi connectivity index (χ3n) is 12.3. The van der Waals surface area contributed by atoms with Gasteiger partial charge in [0.15, 0.2) is 11.7 Å². The number of hydrogen-bond donors (Lipinski definition) is 3. The number of esters is 1. The zero-order valence-electron chi connectivity index (χ0n) is 33.4. The average Bonchev–Trinajstić information content (AvgIpc) is 3.97. The summed E-state index contributed by atoms with van der Waals surface area (Å²) in [6, 6.07) is 18.6. The summed E-state index contributed by atoms with van der Waals surface area (Å²) in [6.07, 6.45) is -0.827. The van der Waals surface area contributed by atoms with Gasteiger partial charge >= 0.3 is 12.1 Å². The molecule has 2 aliphatic heterocycles. The number of nitrogens with one attached hydrogen (secondary N) is 2. The summed E-state index contributed by atoms with van der Waals surface area (Å²) >= 11 is 6.25. The molecule has 9 rings (SSSR count). The molecule has 2 aliphatic carbocycles. The first-order valence-electron chi connectivity index (χ1n) is 20.1. The van der Waals surface area contributed by atoms with Gasteiger partial charge in [0.2, 0.25) is 11.8 Å². The summed E-state index contributed by atoms with van der Waals surface area (Å²) in [5, 5.41) is 17.2. The second kappa shape index (κ2) is 15.4. The maximum Gasteiger partial charge on any atom is 0.411 e. The Kier molecular flexibility index (Phi) is 10.2. The van der Waals surface area contributed by atoms with Crippen LogP contribution in [-0.2, 0) is 53.9 Å². The molecule has 3 aromatic carbocycles. The maximum absolute atomic E-state index is 14.9. The number of pyridine rings is 2. The summed E-state index contributed by atoms with van der Waals surface area (Å²) < 4.78 is 33.4. The number of nitrogens with zero attached hydrogens (tertiary/aromatic N) is 3. The van der Waals surface area contributed by atoms with Crippen LogP contribution in [-0.4, -0.2) is 69.4 Å². The van der Waals surface area contributed by atoms with Crippen LogP contribution < -0.4 is 16.2 Å². The van der Waals surface area contributed by atoms with Crippen molar-refractivity contribution in [1.29, 1.82) is 0 Å². The Labute approximate surface area is 353 Å². The van der Waals surface area contributed by atoms with Crippen molar-refractivity contribution in [2.24, 2.45) is 5.92 Å². The minimum Gasteiger partial charge on any atom is -0.458 e. The highest BCUT2D eigenvalue weighted by Gasteiger charge is 2.46. The van der Waals surface area contributed by atoms with Crippen LogP contribution in [0.5, 0.6) is 0 Å². The molecule has 3 N–H and O–H groups in total. The van der Waals surface area contributed by atoms with Crippen LogP contribution in [0.3, 0.4) is 0 Å². The molecule has 0 unspecified atom stereocenters. The van der Waals surface area contributed by atoms with Crippen molar-refractivity contribution in [2.45, 2.75) is 76.7 Å². The van der Waals surface area contributed by atoms with Crippen molar-refractivity contribution in [3.63, 3.8) is 0 Å². The summed E-state index contributed by atoms with van der Waals surface area (Å²) in [6.45, 7) is 2.51. The highest BCUT2D eigenvalue weighted by molar-refractivity contribution is 6.31. The van der Waals surface area contributed by atoms with E-state index in [1.807, 2.05) is 48.5 Å². The average molecular weight is 850 g/mol. The van der Waals surface area contributed by atoms with E-state index in [1.165, 1.54) is 28.6 Å². The van der Waals surface area contributed by atoms with Crippen LogP contribution in [0.15, 0.2) is 71.5 Å². The van der Waals surface area contributed by atoms with E-state index < -0.39 is 59.1 Å². The lowest BCUT2D eigenvalue weighted by atomic mass is 9.86. The van der Waals surface area contributed by atoms with Crippen molar-refractivity contribution >= 4 is 46.4 Å². The largest absolute Gasteiger partial charge is 0.458 e. The van der Waals surface area contributed by atoms with Crippen molar-refractivity contribution in [1.82, 2.24) is 25.1 Å². The van der Waals surface area contributed by atoms with Gasteiger partial charge in [0.1, 0.15) is 31.3 Å². The normalized spacial score (nSPS) is 18.2. The number of cyclic esters (lactones) is 1.